The molecule has 0 saturated carbocycles. The smallest absolute Gasteiger partial charge is 0.275 e. The van der Waals surface area contributed by atoms with Crippen molar-refractivity contribution < 1.29 is 4.79 Å². The van der Waals surface area contributed by atoms with Crippen molar-refractivity contribution in [3.8, 4) is 0 Å². The van der Waals surface area contributed by atoms with Crippen LogP contribution in [0.3, 0.4) is 0 Å². The number of halogens is 1. The summed E-state index contributed by atoms with van der Waals surface area (Å²) in [6.45, 7) is 6.35. The lowest BCUT2D eigenvalue weighted by Gasteiger charge is -2.38. The molecule has 1 aliphatic heterocycles. The molecule has 3 nitrogen and oxygen atoms in total. The molecule has 18 heavy (non-hydrogen) atoms. The minimum absolute atomic E-state index is 0.00870. The van der Waals surface area contributed by atoms with E-state index in [4.69, 9.17) is 0 Å². The van der Waals surface area contributed by atoms with Crippen molar-refractivity contribution >= 4 is 33.2 Å². The Balaban J connectivity index is 2.06. The van der Waals surface area contributed by atoms with Crippen LogP contribution in [-0.2, 0) is 0 Å². The Bertz CT molecular complexity index is 417. The number of nitrogens with one attached hydrogen (secondary N) is 1. The number of nitrogens with zero attached hydrogens (tertiary/aromatic N) is 1. The summed E-state index contributed by atoms with van der Waals surface area (Å²) in [5.41, 5.74) is 4.17. The number of hydrogen-bond acceptors (Lipinski definition) is 3. The minimum atomic E-state index is 0.00870. The molecular weight excluding hydrogens is 312 g/mol. The summed E-state index contributed by atoms with van der Waals surface area (Å²) in [7, 11) is 0. The molecule has 0 bridgehead atoms. The largest absolute Gasteiger partial charge is 0.284 e. The molecule has 0 spiro atoms. The standard InChI is InChI=1S/C13H19BrN2OS/c1-8-7-11(18-12(8)14)13(17)15-16-9(2)5-4-6-10(16)3/h7,9-10H,4-6H2,1-3H3,(H,15,17). The minimum Gasteiger partial charge on any atom is -0.284 e. The van der Waals surface area contributed by atoms with Gasteiger partial charge in [0.25, 0.3) is 5.91 Å². The Morgan fingerprint density at radius 2 is 2.06 bits per heavy atom. The zero-order valence-corrected chi connectivity index (χ0v) is 13.4. The molecule has 1 aromatic heterocycles. The maximum Gasteiger partial charge on any atom is 0.275 e. The van der Waals surface area contributed by atoms with Gasteiger partial charge >= 0.3 is 0 Å². The molecule has 1 aliphatic rings. The number of amides is 1. The van der Waals surface area contributed by atoms with Crippen molar-refractivity contribution in [2.45, 2.75) is 52.1 Å². The van der Waals surface area contributed by atoms with Gasteiger partial charge in [-0.3, -0.25) is 10.2 Å². The van der Waals surface area contributed by atoms with E-state index in [2.05, 4.69) is 40.2 Å². The van der Waals surface area contributed by atoms with Crippen LogP contribution in [0.1, 0.15) is 48.3 Å². The first-order valence-electron chi connectivity index (χ1n) is 6.34. The monoisotopic (exact) mass is 330 g/mol. The van der Waals surface area contributed by atoms with Crippen molar-refractivity contribution in [3.63, 3.8) is 0 Å². The zero-order chi connectivity index (χ0) is 13.3. The van der Waals surface area contributed by atoms with E-state index in [0.717, 1.165) is 27.1 Å². The Morgan fingerprint density at radius 1 is 1.44 bits per heavy atom. The average Bonchev–Trinajstić information content (AvgIpc) is 2.64. The SMILES string of the molecule is Cc1cc(C(=O)NN2C(C)CCCC2C)sc1Br. The van der Waals surface area contributed by atoms with Gasteiger partial charge in [-0.05, 0) is 61.2 Å². The Kier molecular flexibility index (Phi) is 4.45. The maximum atomic E-state index is 12.2. The molecule has 0 radical (unpaired) electrons. The van der Waals surface area contributed by atoms with Crippen LogP contribution in [0.4, 0.5) is 0 Å². The topological polar surface area (TPSA) is 32.3 Å². The molecule has 0 aliphatic carbocycles. The number of aryl methyl sites for hydroxylation is 1. The lowest BCUT2D eigenvalue weighted by Crippen LogP contribution is -2.53. The molecule has 1 aromatic rings. The first-order chi connectivity index (χ1) is 8.49. The number of carbonyl (C=O) groups is 1. The molecule has 1 N–H and O–H groups in total. The predicted octanol–water partition coefficient (Wildman–Crippen LogP) is 3.73. The summed E-state index contributed by atoms with van der Waals surface area (Å²) in [4.78, 5) is 13.0. The highest BCUT2D eigenvalue weighted by molar-refractivity contribution is 9.11. The Labute approximate surface area is 121 Å². The van der Waals surface area contributed by atoms with Gasteiger partial charge < -0.3 is 0 Å². The molecule has 2 atom stereocenters. The van der Waals surface area contributed by atoms with Crippen LogP contribution < -0.4 is 5.43 Å². The summed E-state index contributed by atoms with van der Waals surface area (Å²) in [5, 5.41) is 2.11. The number of rotatable bonds is 2. The summed E-state index contributed by atoms with van der Waals surface area (Å²) in [5.74, 6) is 0.00870. The van der Waals surface area contributed by atoms with Gasteiger partial charge in [-0.2, -0.15) is 0 Å². The second-order valence-corrected chi connectivity index (χ2v) is 7.41. The quantitative estimate of drug-likeness (QED) is 0.896. The van der Waals surface area contributed by atoms with E-state index in [-0.39, 0.29) is 5.91 Å². The van der Waals surface area contributed by atoms with Gasteiger partial charge in [0.05, 0.1) is 8.66 Å². The normalized spacial score (nSPS) is 25.1. The van der Waals surface area contributed by atoms with Crippen LogP contribution >= 0.6 is 27.3 Å². The molecule has 2 heterocycles. The van der Waals surface area contributed by atoms with Gasteiger partial charge in [-0.15, -0.1) is 11.3 Å². The Hall–Kier alpha value is -0.390. The van der Waals surface area contributed by atoms with Crippen LogP contribution in [0.15, 0.2) is 9.85 Å². The van der Waals surface area contributed by atoms with Crippen molar-refractivity contribution in [1.82, 2.24) is 10.4 Å². The molecule has 1 fully saturated rings. The fourth-order valence-electron chi connectivity index (χ4n) is 2.39. The average molecular weight is 331 g/mol. The molecule has 2 unspecified atom stereocenters. The summed E-state index contributed by atoms with van der Waals surface area (Å²) < 4.78 is 1.03. The highest BCUT2D eigenvalue weighted by Gasteiger charge is 2.26. The summed E-state index contributed by atoms with van der Waals surface area (Å²) >= 11 is 4.95. The molecule has 100 valence electrons. The van der Waals surface area contributed by atoms with E-state index < -0.39 is 0 Å². The van der Waals surface area contributed by atoms with Crippen LogP contribution in [0.2, 0.25) is 0 Å². The first kappa shape index (κ1) is 14.0. The van der Waals surface area contributed by atoms with Gasteiger partial charge in [0, 0.05) is 12.1 Å². The third-order valence-corrected chi connectivity index (χ3v) is 5.64. The second kappa shape index (κ2) is 5.72. The van der Waals surface area contributed by atoms with E-state index in [1.807, 2.05) is 13.0 Å². The van der Waals surface area contributed by atoms with Gasteiger partial charge in [-0.1, -0.05) is 6.42 Å². The maximum absolute atomic E-state index is 12.2. The van der Waals surface area contributed by atoms with E-state index in [9.17, 15) is 4.79 Å². The van der Waals surface area contributed by atoms with Crippen LogP contribution in [0, 0.1) is 6.92 Å². The molecule has 1 amide bonds. The van der Waals surface area contributed by atoms with Gasteiger partial charge in [0.2, 0.25) is 0 Å². The number of thiophene rings is 1. The number of hydrazine groups is 1. The van der Waals surface area contributed by atoms with Crippen molar-refractivity contribution in [1.29, 1.82) is 0 Å². The fourth-order valence-corrected chi connectivity index (χ4v) is 3.81. The Morgan fingerprint density at radius 3 is 2.56 bits per heavy atom. The lowest BCUT2D eigenvalue weighted by atomic mass is 10.00. The zero-order valence-electron chi connectivity index (χ0n) is 11.0. The van der Waals surface area contributed by atoms with Crippen molar-refractivity contribution in [2.24, 2.45) is 0 Å². The van der Waals surface area contributed by atoms with Gasteiger partial charge in [0.15, 0.2) is 0 Å². The molecule has 1 saturated heterocycles. The summed E-state index contributed by atoms with van der Waals surface area (Å²) in [6.07, 6.45) is 3.55. The van der Waals surface area contributed by atoms with E-state index in [0.29, 0.717) is 12.1 Å². The van der Waals surface area contributed by atoms with Crippen LogP contribution in [0.5, 0.6) is 0 Å². The molecule has 0 aromatic carbocycles. The third-order valence-electron chi connectivity index (χ3n) is 3.51. The third kappa shape index (κ3) is 2.95. The lowest BCUT2D eigenvalue weighted by molar-refractivity contribution is 0.0373. The van der Waals surface area contributed by atoms with Crippen molar-refractivity contribution in [3.05, 3.63) is 20.3 Å². The predicted molar refractivity (Wildman–Crippen MR) is 78.8 cm³/mol. The fraction of sp³-hybridized carbons (Fsp3) is 0.615. The van der Waals surface area contributed by atoms with Gasteiger partial charge in [0.1, 0.15) is 0 Å². The van der Waals surface area contributed by atoms with E-state index in [1.54, 1.807) is 0 Å². The van der Waals surface area contributed by atoms with E-state index in [1.165, 1.54) is 17.8 Å². The highest BCUT2D eigenvalue weighted by atomic mass is 79.9. The first-order valence-corrected chi connectivity index (χ1v) is 7.95. The second-order valence-electron chi connectivity index (χ2n) is 5.04. The number of hydrogen-bond donors (Lipinski definition) is 1. The molecular formula is C13H19BrN2OS. The number of piperidine rings is 1. The van der Waals surface area contributed by atoms with Crippen molar-refractivity contribution in [2.75, 3.05) is 0 Å². The van der Waals surface area contributed by atoms with E-state index >= 15 is 0 Å². The van der Waals surface area contributed by atoms with Crippen LogP contribution in [-0.4, -0.2) is 23.0 Å². The molecule has 5 heteroatoms. The van der Waals surface area contributed by atoms with Gasteiger partial charge in [-0.25, -0.2) is 5.01 Å². The highest BCUT2D eigenvalue weighted by Crippen LogP contribution is 2.28. The van der Waals surface area contributed by atoms with Crippen LogP contribution in [0.25, 0.3) is 0 Å². The summed E-state index contributed by atoms with van der Waals surface area (Å²) in [6, 6.07) is 2.77. The molecule has 2 rings (SSSR count). The number of carbonyl (C=O) groups excluding carboxylic acids is 1.